The zero-order chi connectivity index (χ0) is 13.8. The van der Waals surface area contributed by atoms with Crippen LogP contribution in [0.4, 0.5) is 5.69 Å². The van der Waals surface area contributed by atoms with E-state index >= 15 is 0 Å². The second-order valence-electron chi connectivity index (χ2n) is 4.00. The van der Waals surface area contributed by atoms with E-state index in [2.05, 4.69) is 0 Å². The third kappa shape index (κ3) is 2.75. The van der Waals surface area contributed by atoms with Gasteiger partial charge in [0.1, 0.15) is 0 Å². The van der Waals surface area contributed by atoms with Crippen LogP contribution in [-0.4, -0.2) is 13.0 Å². The smallest absolute Gasteiger partial charge is 0.259 e. The van der Waals surface area contributed by atoms with Crippen molar-refractivity contribution in [2.75, 3.05) is 11.9 Å². The van der Waals surface area contributed by atoms with E-state index in [1.807, 2.05) is 6.07 Å². The topological polar surface area (TPSA) is 44.1 Å². The molecule has 2 aromatic carbocycles. The third-order valence-electron chi connectivity index (χ3n) is 2.79. The van der Waals surface area contributed by atoms with Crippen molar-refractivity contribution in [1.82, 2.24) is 0 Å². The molecule has 0 heterocycles. The number of hydrogen-bond donors (Lipinski definition) is 0. The summed E-state index contributed by atoms with van der Waals surface area (Å²) >= 11 is 6.01. The summed E-state index contributed by atoms with van der Waals surface area (Å²) in [4.78, 5) is 13.8. The number of halogens is 1. The van der Waals surface area contributed by atoms with Crippen molar-refractivity contribution < 1.29 is 4.79 Å². The van der Waals surface area contributed by atoms with Crippen molar-refractivity contribution in [2.45, 2.75) is 0 Å². The van der Waals surface area contributed by atoms with Gasteiger partial charge in [-0.2, -0.15) is 5.26 Å². The zero-order valence-corrected chi connectivity index (χ0v) is 11.1. The molecule has 0 aliphatic rings. The molecule has 1 amide bonds. The van der Waals surface area contributed by atoms with Crippen LogP contribution in [0, 0.1) is 11.3 Å². The molecule has 2 rings (SSSR count). The van der Waals surface area contributed by atoms with Crippen LogP contribution < -0.4 is 4.90 Å². The Kier molecular flexibility index (Phi) is 3.84. The fourth-order valence-corrected chi connectivity index (χ4v) is 1.91. The van der Waals surface area contributed by atoms with Crippen LogP contribution in [-0.2, 0) is 0 Å². The highest BCUT2D eigenvalue weighted by Gasteiger charge is 2.15. The van der Waals surface area contributed by atoms with E-state index in [0.29, 0.717) is 21.8 Å². The highest BCUT2D eigenvalue weighted by Crippen LogP contribution is 2.20. The van der Waals surface area contributed by atoms with Crippen molar-refractivity contribution in [1.29, 1.82) is 5.26 Å². The van der Waals surface area contributed by atoms with Crippen LogP contribution in [0.15, 0.2) is 48.5 Å². The molecule has 19 heavy (non-hydrogen) atoms. The molecule has 0 spiro atoms. The average Bonchev–Trinajstić information content (AvgIpc) is 2.46. The van der Waals surface area contributed by atoms with E-state index in [4.69, 9.17) is 16.9 Å². The number of hydrogen-bond acceptors (Lipinski definition) is 2. The van der Waals surface area contributed by atoms with Crippen LogP contribution >= 0.6 is 11.6 Å². The van der Waals surface area contributed by atoms with E-state index in [1.165, 1.54) is 4.90 Å². The van der Waals surface area contributed by atoms with E-state index in [9.17, 15) is 4.79 Å². The summed E-state index contributed by atoms with van der Waals surface area (Å²) in [5.41, 5.74) is 1.72. The molecule has 0 aromatic heterocycles. The number of anilines is 1. The molecule has 0 atom stereocenters. The van der Waals surface area contributed by atoms with Crippen LogP contribution in [0.3, 0.4) is 0 Å². The largest absolute Gasteiger partial charge is 0.311 e. The van der Waals surface area contributed by atoms with Gasteiger partial charge in [-0.15, -0.1) is 0 Å². The highest BCUT2D eigenvalue weighted by atomic mass is 35.5. The number of benzene rings is 2. The fraction of sp³-hybridized carbons (Fsp3) is 0.0667. The van der Waals surface area contributed by atoms with Crippen LogP contribution in [0.1, 0.15) is 15.9 Å². The van der Waals surface area contributed by atoms with Gasteiger partial charge in [0.15, 0.2) is 0 Å². The molecule has 3 nitrogen and oxygen atoms in total. The lowest BCUT2D eigenvalue weighted by Gasteiger charge is -2.18. The Labute approximate surface area is 116 Å². The van der Waals surface area contributed by atoms with E-state index in [1.54, 1.807) is 55.6 Å². The summed E-state index contributed by atoms with van der Waals surface area (Å²) in [5.74, 6) is -0.185. The zero-order valence-electron chi connectivity index (χ0n) is 10.3. The Balaban J connectivity index is 2.29. The lowest BCUT2D eigenvalue weighted by molar-refractivity contribution is 0.0993. The maximum Gasteiger partial charge on any atom is 0.259 e. The first-order valence-electron chi connectivity index (χ1n) is 5.66. The molecular formula is C15H11ClN2O. The number of carbonyl (C=O) groups is 1. The summed E-state index contributed by atoms with van der Waals surface area (Å²) in [6.45, 7) is 0. The monoisotopic (exact) mass is 270 g/mol. The average molecular weight is 271 g/mol. The molecule has 0 unspecified atom stereocenters. The summed E-state index contributed by atoms with van der Waals surface area (Å²) in [5, 5.41) is 9.17. The van der Waals surface area contributed by atoms with Gasteiger partial charge in [0, 0.05) is 12.7 Å². The first-order chi connectivity index (χ1) is 9.13. The Bertz CT molecular complexity index is 644. The first-order valence-corrected chi connectivity index (χ1v) is 6.04. The van der Waals surface area contributed by atoms with Gasteiger partial charge in [-0.05, 0) is 36.4 Å². The molecule has 0 aliphatic carbocycles. The minimum atomic E-state index is -0.185. The number of nitriles is 1. The van der Waals surface area contributed by atoms with Gasteiger partial charge in [-0.1, -0.05) is 23.7 Å². The Morgan fingerprint density at radius 1 is 1.16 bits per heavy atom. The van der Waals surface area contributed by atoms with Crippen molar-refractivity contribution in [2.24, 2.45) is 0 Å². The van der Waals surface area contributed by atoms with Gasteiger partial charge in [-0.25, -0.2) is 0 Å². The molecule has 4 heteroatoms. The van der Waals surface area contributed by atoms with E-state index < -0.39 is 0 Å². The maximum absolute atomic E-state index is 12.3. The summed E-state index contributed by atoms with van der Waals surface area (Å²) < 4.78 is 0. The standard InChI is InChI=1S/C15H11ClN2O/c1-18(12-8-6-11(10-17)7-9-12)15(19)13-4-2-3-5-14(13)16/h2-9H,1H3. The van der Waals surface area contributed by atoms with Crippen molar-refractivity contribution in [3.63, 3.8) is 0 Å². The molecule has 94 valence electrons. The number of rotatable bonds is 2. The van der Waals surface area contributed by atoms with Gasteiger partial charge < -0.3 is 4.90 Å². The Morgan fingerprint density at radius 3 is 2.37 bits per heavy atom. The van der Waals surface area contributed by atoms with Crippen molar-refractivity contribution in [3.05, 3.63) is 64.7 Å². The normalized spacial score (nSPS) is 9.74. The molecule has 0 fully saturated rings. The third-order valence-corrected chi connectivity index (χ3v) is 3.12. The first kappa shape index (κ1) is 13.1. The Morgan fingerprint density at radius 2 is 1.79 bits per heavy atom. The quantitative estimate of drug-likeness (QED) is 0.838. The second-order valence-corrected chi connectivity index (χ2v) is 4.41. The molecule has 0 saturated carbocycles. The maximum atomic E-state index is 12.3. The molecule has 0 aliphatic heterocycles. The second kappa shape index (κ2) is 5.55. The van der Waals surface area contributed by atoms with Gasteiger partial charge in [0.05, 0.1) is 22.2 Å². The summed E-state index contributed by atoms with van der Waals surface area (Å²) in [6.07, 6.45) is 0. The minimum absolute atomic E-state index is 0.185. The summed E-state index contributed by atoms with van der Waals surface area (Å²) in [7, 11) is 1.67. The van der Waals surface area contributed by atoms with Gasteiger partial charge >= 0.3 is 0 Å². The van der Waals surface area contributed by atoms with E-state index in [0.717, 1.165) is 0 Å². The number of carbonyl (C=O) groups excluding carboxylic acids is 1. The number of nitrogens with zero attached hydrogens (tertiary/aromatic N) is 2. The van der Waals surface area contributed by atoms with Crippen molar-refractivity contribution in [3.8, 4) is 6.07 Å². The predicted molar refractivity (Wildman–Crippen MR) is 75.3 cm³/mol. The SMILES string of the molecule is CN(C(=O)c1ccccc1Cl)c1ccc(C#N)cc1. The molecule has 0 N–H and O–H groups in total. The molecule has 2 aromatic rings. The van der Waals surface area contributed by atoms with Crippen LogP contribution in [0.25, 0.3) is 0 Å². The van der Waals surface area contributed by atoms with Crippen LogP contribution in [0.5, 0.6) is 0 Å². The molecule has 0 bridgehead atoms. The molecular weight excluding hydrogens is 260 g/mol. The van der Waals surface area contributed by atoms with E-state index in [-0.39, 0.29) is 5.91 Å². The summed E-state index contributed by atoms with van der Waals surface area (Å²) in [6, 6.07) is 15.8. The van der Waals surface area contributed by atoms with Gasteiger partial charge in [-0.3, -0.25) is 4.79 Å². The Hall–Kier alpha value is -2.31. The van der Waals surface area contributed by atoms with Crippen LogP contribution in [0.2, 0.25) is 5.02 Å². The van der Waals surface area contributed by atoms with Crippen molar-refractivity contribution >= 4 is 23.2 Å². The predicted octanol–water partition coefficient (Wildman–Crippen LogP) is 3.49. The highest BCUT2D eigenvalue weighted by molar-refractivity contribution is 6.34. The number of amides is 1. The lowest BCUT2D eigenvalue weighted by Crippen LogP contribution is -2.26. The fourth-order valence-electron chi connectivity index (χ4n) is 1.69. The molecule has 0 radical (unpaired) electrons. The lowest BCUT2D eigenvalue weighted by atomic mass is 10.1. The van der Waals surface area contributed by atoms with Gasteiger partial charge in [0.25, 0.3) is 5.91 Å². The molecule has 0 saturated heterocycles. The van der Waals surface area contributed by atoms with Gasteiger partial charge in [0.2, 0.25) is 0 Å². The minimum Gasteiger partial charge on any atom is -0.311 e.